The quantitative estimate of drug-likeness (QED) is 0.599. The molecule has 0 spiro atoms. The second-order valence-corrected chi connectivity index (χ2v) is 4.59. The molecule has 0 saturated heterocycles. The highest BCUT2D eigenvalue weighted by Gasteiger charge is 2.35. The summed E-state index contributed by atoms with van der Waals surface area (Å²) < 4.78 is 36.2. The molecule has 1 atom stereocenters. The summed E-state index contributed by atoms with van der Waals surface area (Å²) in [7, 11) is 0. The lowest BCUT2D eigenvalue weighted by Gasteiger charge is -2.11. The van der Waals surface area contributed by atoms with Crippen LogP contribution in [-0.4, -0.2) is 10.1 Å². The van der Waals surface area contributed by atoms with E-state index in [9.17, 15) is 18.0 Å². The van der Waals surface area contributed by atoms with Crippen LogP contribution in [0.2, 0.25) is 0 Å². The van der Waals surface area contributed by atoms with Gasteiger partial charge in [-0.25, -0.2) is 0 Å². The number of halogens is 5. The van der Waals surface area contributed by atoms with E-state index in [1.807, 2.05) is 0 Å². The molecule has 1 aromatic carbocycles. The Hall–Kier alpha value is -0.550. The molecular weight excluding hydrogens is 296 g/mol. The van der Waals surface area contributed by atoms with E-state index in [2.05, 4.69) is 15.9 Å². The number of hydrogen-bond donors (Lipinski definition) is 0. The molecule has 1 unspecified atom stereocenters. The van der Waals surface area contributed by atoms with Gasteiger partial charge in [-0.1, -0.05) is 34.1 Å². The number of ketones is 1. The Bertz CT molecular complexity index is 376. The number of hydrogen-bond acceptors (Lipinski definition) is 1. The molecule has 1 nitrogen and oxygen atoms in total. The van der Waals surface area contributed by atoms with E-state index in [0.29, 0.717) is 0 Å². The fourth-order valence-electron chi connectivity index (χ4n) is 1.06. The first-order chi connectivity index (χ1) is 6.84. The fraction of sp³-hybridized carbons (Fsp3) is 0.222. The zero-order chi connectivity index (χ0) is 11.6. The van der Waals surface area contributed by atoms with Crippen LogP contribution >= 0.6 is 27.5 Å². The summed E-state index contributed by atoms with van der Waals surface area (Å²) in [4.78, 5) is 11.3. The van der Waals surface area contributed by atoms with Crippen molar-refractivity contribution >= 4 is 33.3 Å². The number of Topliss-reactive ketones (excluding diaryl/α,β-unsaturated/α-hetero) is 1. The maximum absolute atomic E-state index is 12.5. The molecular formula is C9H5BrClF3O. The van der Waals surface area contributed by atoms with Gasteiger partial charge in [0, 0.05) is 5.56 Å². The first-order valence-electron chi connectivity index (χ1n) is 3.82. The van der Waals surface area contributed by atoms with Gasteiger partial charge in [0.1, 0.15) is 0 Å². The first-order valence-corrected chi connectivity index (χ1v) is 5.18. The van der Waals surface area contributed by atoms with Crippen LogP contribution in [0.1, 0.15) is 15.9 Å². The number of benzene rings is 1. The zero-order valence-electron chi connectivity index (χ0n) is 7.18. The van der Waals surface area contributed by atoms with Gasteiger partial charge in [0.25, 0.3) is 0 Å². The van der Waals surface area contributed by atoms with E-state index >= 15 is 0 Å². The lowest BCUT2D eigenvalue weighted by Crippen LogP contribution is -2.16. The lowest BCUT2D eigenvalue weighted by atomic mass is 10.0. The second-order valence-electron chi connectivity index (χ2n) is 2.71. The van der Waals surface area contributed by atoms with Crippen molar-refractivity contribution in [2.45, 2.75) is 10.5 Å². The van der Waals surface area contributed by atoms with E-state index in [-0.39, 0.29) is 0 Å². The average molecular weight is 301 g/mol. The monoisotopic (exact) mass is 300 g/mol. The van der Waals surface area contributed by atoms with E-state index in [1.54, 1.807) is 0 Å². The Labute approximate surface area is 97.4 Å². The van der Waals surface area contributed by atoms with Crippen LogP contribution in [0.4, 0.5) is 13.2 Å². The number of rotatable bonds is 2. The Balaban J connectivity index is 3.25. The van der Waals surface area contributed by atoms with Crippen LogP contribution in [0, 0.1) is 0 Å². The molecule has 0 heterocycles. The van der Waals surface area contributed by atoms with Crippen molar-refractivity contribution in [3.8, 4) is 0 Å². The van der Waals surface area contributed by atoms with E-state index in [0.717, 1.165) is 12.1 Å². The van der Waals surface area contributed by atoms with Crippen LogP contribution < -0.4 is 0 Å². The van der Waals surface area contributed by atoms with Crippen molar-refractivity contribution in [1.29, 1.82) is 0 Å². The predicted molar refractivity (Wildman–Crippen MR) is 54.3 cm³/mol. The molecule has 0 saturated carbocycles. The van der Waals surface area contributed by atoms with E-state index in [1.165, 1.54) is 12.1 Å². The summed E-state index contributed by atoms with van der Waals surface area (Å²) in [6.07, 6.45) is -4.55. The first kappa shape index (κ1) is 12.5. The van der Waals surface area contributed by atoms with Crippen LogP contribution in [-0.2, 0) is 6.18 Å². The maximum Gasteiger partial charge on any atom is 0.417 e. The second kappa shape index (κ2) is 4.53. The van der Waals surface area contributed by atoms with Crippen molar-refractivity contribution < 1.29 is 18.0 Å². The van der Waals surface area contributed by atoms with Crippen LogP contribution in [0.3, 0.4) is 0 Å². The maximum atomic E-state index is 12.5. The topological polar surface area (TPSA) is 17.1 Å². The summed E-state index contributed by atoms with van der Waals surface area (Å²) in [6.45, 7) is 0. The average Bonchev–Trinajstić information content (AvgIpc) is 2.15. The third kappa shape index (κ3) is 2.95. The summed E-state index contributed by atoms with van der Waals surface area (Å²) in [5, 5.41) is 0. The van der Waals surface area contributed by atoms with Gasteiger partial charge in [0.05, 0.1) is 5.56 Å². The Morgan fingerprint density at radius 1 is 1.33 bits per heavy atom. The summed E-state index contributed by atoms with van der Waals surface area (Å²) >= 11 is 8.11. The molecule has 0 amide bonds. The Morgan fingerprint density at radius 3 is 2.33 bits per heavy atom. The smallest absolute Gasteiger partial charge is 0.292 e. The van der Waals surface area contributed by atoms with Crippen LogP contribution in [0.5, 0.6) is 0 Å². The molecule has 0 fully saturated rings. The normalized spacial score (nSPS) is 13.7. The fourth-order valence-corrected chi connectivity index (χ4v) is 1.43. The number of alkyl halides is 5. The van der Waals surface area contributed by atoms with Gasteiger partial charge in [0.15, 0.2) is 10.1 Å². The van der Waals surface area contributed by atoms with Gasteiger partial charge in [-0.15, -0.1) is 11.6 Å². The molecule has 15 heavy (non-hydrogen) atoms. The van der Waals surface area contributed by atoms with E-state index < -0.39 is 27.4 Å². The molecule has 0 aliphatic carbocycles. The number of carbonyl (C=O) groups is 1. The largest absolute Gasteiger partial charge is 0.417 e. The van der Waals surface area contributed by atoms with Gasteiger partial charge >= 0.3 is 6.18 Å². The van der Waals surface area contributed by atoms with Crippen molar-refractivity contribution in [1.82, 2.24) is 0 Å². The van der Waals surface area contributed by atoms with Crippen molar-refractivity contribution in [3.05, 3.63) is 35.4 Å². The van der Waals surface area contributed by atoms with Crippen LogP contribution in [0.15, 0.2) is 24.3 Å². The van der Waals surface area contributed by atoms with Gasteiger partial charge in [0.2, 0.25) is 0 Å². The van der Waals surface area contributed by atoms with Crippen molar-refractivity contribution in [3.63, 3.8) is 0 Å². The molecule has 0 aliphatic rings. The molecule has 0 aliphatic heterocycles. The zero-order valence-corrected chi connectivity index (χ0v) is 9.53. The molecule has 6 heteroatoms. The highest BCUT2D eigenvalue weighted by atomic mass is 79.9. The highest BCUT2D eigenvalue weighted by molar-refractivity contribution is 9.10. The van der Waals surface area contributed by atoms with Gasteiger partial charge in [-0.05, 0) is 6.07 Å². The molecule has 1 rings (SSSR count). The predicted octanol–water partition coefficient (Wildman–Crippen LogP) is 3.85. The minimum atomic E-state index is -4.55. The summed E-state index contributed by atoms with van der Waals surface area (Å²) in [6, 6.07) is 4.52. The Kier molecular flexibility index (Phi) is 3.78. The molecule has 0 radical (unpaired) electrons. The molecule has 0 aromatic heterocycles. The highest BCUT2D eigenvalue weighted by Crippen LogP contribution is 2.33. The van der Waals surface area contributed by atoms with Crippen molar-refractivity contribution in [2.75, 3.05) is 0 Å². The number of carbonyl (C=O) groups excluding carboxylic acids is 1. The summed E-state index contributed by atoms with van der Waals surface area (Å²) in [5.41, 5.74) is -1.40. The summed E-state index contributed by atoms with van der Waals surface area (Å²) in [5.74, 6) is -0.801. The van der Waals surface area contributed by atoms with Crippen LogP contribution in [0.25, 0.3) is 0 Å². The van der Waals surface area contributed by atoms with Crippen molar-refractivity contribution in [2.24, 2.45) is 0 Å². The van der Waals surface area contributed by atoms with Gasteiger partial charge in [-0.2, -0.15) is 13.2 Å². The minimum Gasteiger partial charge on any atom is -0.292 e. The third-order valence-electron chi connectivity index (χ3n) is 1.70. The molecule has 0 N–H and O–H groups in total. The minimum absolute atomic E-state index is 0.429. The molecule has 82 valence electrons. The van der Waals surface area contributed by atoms with Gasteiger partial charge < -0.3 is 0 Å². The van der Waals surface area contributed by atoms with Gasteiger partial charge in [-0.3, -0.25) is 4.79 Å². The SMILES string of the molecule is O=C(c1ccccc1C(F)(F)F)C(Cl)Br. The molecule has 1 aromatic rings. The Morgan fingerprint density at radius 2 is 1.87 bits per heavy atom. The molecule has 0 bridgehead atoms. The third-order valence-corrected chi connectivity index (χ3v) is 2.31. The lowest BCUT2D eigenvalue weighted by molar-refractivity contribution is -0.137. The van der Waals surface area contributed by atoms with E-state index in [4.69, 9.17) is 11.6 Å². The standard InChI is InChI=1S/C9H5BrClF3O/c10-8(11)7(15)5-3-1-2-4-6(5)9(12,13)14/h1-4,8H.